The van der Waals surface area contributed by atoms with E-state index in [4.69, 9.17) is 14.2 Å². The topological polar surface area (TPSA) is 77.0 Å². The Morgan fingerprint density at radius 1 is 1.20 bits per heavy atom. The number of ether oxygens (including phenoxy) is 3. The highest BCUT2D eigenvalue weighted by Crippen LogP contribution is 2.64. The van der Waals surface area contributed by atoms with Gasteiger partial charge in [0.25, 0.3) is 0 Å². The van der Waals surface area contributed by atoms with Crippen molar-refractivity contribution in [3.63, 3.8) is 0 Å². The molecule has 2 N–H and O–H groups in total. The first kappa shape index (κ1) is 23.6. The highest BCUT2D eigenvalue weighted by molar-refractivity contribution is 9.10. The van der Waals surface area contributed by atoms with Crippen molar-refractivity contribution in [1.82, 2.24) is 5.32 Å². The van der Waals surface area contributed by atoms with Crippen molar-refractivity contribution in [1.29, 1.82) is 0 Å². The predicted molar refractivity (Wildman–Crippen MR) is 130 cm³/mol. The standard InChI is InChI=1S/C27H25BrFNO5/c1-15(31)30-24-12-21(16-5-4-6-19(29)11-16)27(17-7-9-18(28)10-8-17)26(24,32)25-20(14-35-27)22(33-2)13-23(25)34-3/h4-11,13-14,21,24,32H,12H2,1-3H3,(H,30,31). The van der Waals surface area contributed by atoms with Crippen LogP contribution in [0.3, 0.4) is 0 Å². The second kappa shape index (κ2) is 8.53. The van der Waals surface area contributed by atoms with E-state index in [1.165, 1.54) is 33.3 Å². The van der Waals surface area contributed by atoms with E-state index in [0.29, 0.717) is 40.2 Å². The van der Waals surface area contributed by atoms with Gasteiger partial charge < -0.3 is 24.6 Å². The molecule has 0 aromatic heterocycles. The van der Waals surface area contributed by atoms with Gasteiger partial charge in [-0.3, -0.25) is 4.79 Å². The number of rotatable bonds is 5. The minimum absolute atomic E-state index is 0.291. The van der Waals surface area contributed by atoms with Crippen molar-refractivity contribution in [2.75, 3.05) is 14.2 Å². The second-order valence-electron chi connectivity index (χ2n) is 8.91. The highest BCUT2D eigenvalue weighted by atomic mass is 79.9. The molecule has 1 fully saturated rings. The molecule has 3 aliphatic rings. The van der Waals surface area contributed by atoms with E-state index < -0.39 is 29.0 Å². The number of aliphatic hydroxyl groups is 1. The lowest BCUT2D eigenvalue weighted by Gasteiger charge is -2.50. The van der Waals surface area contributed by atoms with Gasteiger partial charge in [0.05, 0.1) is 32.1 Å². The van der Waals surface area contributed by atoms with Crippen LogP contribution in [0.1, 0.15) is 30.4 Å². The summed E-state index contributed by atoms with van der Waals surface area (Å²) in [5.41, 5.74) is -0.870. The highest BCUT2D eigenvalue weighted by Gasteiger charge is 2.72. The van der Waals surface area contributed by atoms with Crippen molar-refractivity contribution in [2.45, 2.75) is 36.5 Å². The van der Waals surface area contributed by atoms with Crippen LogP contribution in [-0.2, 0) is 24.6 Å². The number of hydrogen-bond acceptors (Lipinski definition) is 5. The van der Waals surface area contributed by atoms with Gasteiger partial charge in [-0.15, -0.1) is 0 Å². The average Bonchev–Trinajstić information content (AvgIpc) is 3.33. The number of methoxy groups -OCH3 is 2. The van der Waals surface area contributed by atoms with Crippen LogP contribution in [0.15, 0.2) is 88.0 Å². The lowest BCUT2D eigenvalue weighted by atomic mass is 9.67. The van der Waals surface area contributed by atoms with Crippen molar-refractivity contribution in [3.05, 3.63) is 105 Å². The Hall–Kier alpha value is -3.10. The van der Waals surface area contributed by atoms with E-state index in [0.717, 1.165) is 4.47 Å². The number of carbonyl (C=O) groups is 1. The molecule has 2 aliphatic carbocycles. The fraction of sp³-hybridized carbons (Fsp3) is 0.296. The summed E-state index contributed by atoms with van der Waals surface area (Å²) < 4.78 is 33.1. The number of carbonyl (C=O) groups excluding carboxylic acids is 1. The normalized spacial score (nSPS) is 29.0. The SMILES string of the molecule is COC1=CC(OC)=C2C1=COC1(c3ccc(Br)cc3)C(c3cccc(F)c3)CC(NC(C)=O)C21O. The molecule has 35 heavy (non-hydrogen) atoms. The molecule has 4 atom stereocenters. The molecule has 4 unspecified atom stereocenters. The van der Waals surface area contributed by atoms with Crippen LogP contribution in [0, 0.1) is 5.82 Å². The number of amides is 1. The number of nitrogens with one attached hydrogen (secondary N) is 1. The van der Waals surface area contributed by atoms with Crippen LogP contribution in [0.2, 0.25) is 0 Å². The molecule has 2 aromatic rings. The summed E-state index contributed by atoms with van der Waals surface area (Å²) in [6, 6.07) is 12.9. The molecule has 0 bridgehead atoms. The summed E-state index contributed by atoms with van der Waals surface area (Å²) in [5.74, 6) is -0.327. The molecule has 1 saturated carbocycles. The second-order valence-corrected chi connectivity index (χ2v) is 9.83. The quantitative estimate of drug-likeness (QED) is 0.580. The molecule has 1 amide bonds. The predicted octanol–water partition coefficient (Wildman–Crippen LogP) is 4.57. The summed E-state index contributed by atoms with van der Waals surface area (Å²) in [6.07, 6.45) is 3.55. The molecule has 1 aliphatic heterocycles. The van der Waals surface area contributed by atoms with E-state index in [1.807, 2.05) is 30.3 Å². The Morgan fingerprint density at radius 2 is 1.94 bits per heavy atom. The maximum Gasteiger partial charge on any atom is 0.217 e. The molecule has 182 valence electrons. The van der Waals surface area contributed by atoms with E-state index >= 15 is 0 Å². The average molecular weight is 542 g/mol. The van der Waals surface area contributed by atoms with Crippen LogP contribution in [-0.4, -0.2) is 36.9 Å². The Morgan fingerprint density at radius 3 is 2.57 bits per heavy atom. The molecular weight excluding hydrogens is 517 g/mol. The van der Waals surface area contributed by atoms with Gasteiger partial charge in [0.1, 0.15) is 17.3 Å². The third-order valence-corrected chi connectivity index (χ3v) is 7.69. The van der Waals surface area contributed by atoms with Gasteiger partial charge in [-0.1, -0.05) is 40.2 Å². The number of fused-ring (bicyclic) bond motifs is 3. The third-order valence-electron chi connectivity index (χ3n) is 7.16. The summed E-state index contributed by atoms with van der Waals surface area (Å²) in [4.78, 5) is 12.3. The van der Waals surface area contributed by atoms with Gasteiger partial charge in [-0.05, 0) is 41.8 Å². The number of hydrogen-bond donors (Lipinski definition) is 2. The van der Waals surface area contributed by atoms with Crippen molar-refractivity contribution < 1.29 is 28.5 Å². The lowest BCUT2D eigenvalue weighted by Crippen LogP contribution is -2.62. The van der Waals surface area contributed by atoms with E-state index in [9.17, 15) is 14.3 Å². The zero-order valence-corrected chi connectivity index (χ0v) is 21.1. The maximum absolute atomic E-state index is 14.4. The van der Waals surface area contributed by atoms with Crippen molar-refractivity contribution >= 4 is 21.8 Å². The smallest absolute Gasteiger partial charge is 0.217 e. The molecule has 0 saturated heterocycles. The summed E-state index contributed by atoms with van der Waals surface area (Å²) in [7, 11) is 3.04. The first-order valence-corrected chi connectivity index (χ1v) is 12.0. The number of allylic oxidation sites excluding steroid dienone is 2. The Bertz CT molecular complexity index is 1290. The van der Waals surface area contributed by atoms with Gasteiger partial charge in [0.2, 0.25) is 5.91 Å². The van der Waals surface area contributed by atoms with Crippen molar-refractivity contribution in [3.8, 4) is 0 Å². The third kappa shape index (κ3) is 3.34. The van der Waals surface area contributed by atoms with E-state index in [2.05, 4.69) is 21.2 Å². The molecular formula is C27H25BrFNO5. The van der Waals surface area contributed by atoms with Gasteiger partial charge in [0.15, 0.2) is 11.2 Å². The van der Waals surface area contributed by atoms with Crippen LogP contribution >= 0.6 is 15.9 Å². The molecule has 5 rings (SSSR count). The number of benzene rings is 2. The molecule has 2 aromatic carbocycles. The lowest BCUT2D eigenvalue weighted by molar-refractivity contribution is -0.149. The molecule has 6 nitrogen and oxygen atoms in total. The minimum atomic E-state index is -1.78. The van der Waals surface area contributed by atoms with Crippen LogP contribution in [0.4, 0.5) is 4.39 Å². The minimum Gasteiger partial charge on any atom is -0.496 e. The Labute approximate surface area is 211 Å². The first-order valence-electron chi connectivity index (χ1n) is 11.2. The van der Waals surface area contributed by atoms with E-state index in [-0.39, 0.29) is 5.91 Å². The van der Waals surface area contributed by atoms with Gasteiger partial charge in [0, 0.05) is 29.0 Å². The Kier molecular flexibility index (Phi) is 5.76. The number of halogens is 2. The van der Waals surface area contributed by atoms with Crippen molar-refractivity contribution in [2.24, 2.45) is 0 Å². The molecule has 1 heterocycles. The zero-order chi connectivity index (χ0) is 25.0. The van der Waals surface area contributed by atoms with Gasteiger partial charge in [-0.25, -0.2) is 4.39 Å². The monoisotopic (exact) mass is 541 g/mol. The van der Waals surface area contributed by atoms with Crippen LogP contribution in [0.25, 0.3) is 0 Å². The summed E-state index contributed by atoms with van der Waals surface area (Å²) >= 11 is 3.47. The zero-order valence-electron chi connectivity index (χ0n) is 19.5. The molecule has 8 heteroatoms. The summed E-state index contributed by atoms with van der Waals surface area (Å²) in [5, 5.41) is 15.8. The van der Waals surface area contributed by atoms with Gasteiger partial charge >= 0.3 is 0 Å². The molecule has 0 radical (unpaired) electrons. The van der Waals surface area contributed by atoms with E-state index in [1.54, 1.807) is 18.4 Å². The maximum atomic E-state index is 14.4. The fourth-order valence-corrected chi connectivity index (χ4v) is 6.10. The first-order chi connectivity index (χ1) is 16.8. The Balaban J connectivity index is 1.84. The molecule has 0 spiro atoms. The summed E-state index contributed by atoms with van der Waals surface area (Å²) in [6.45, 7) is 1.40. The van der Waals surface area contributed by atoms with Gasteiger partial charge in [-0.2, -0.15) is 0 Å². The largest absolute Gasteiger partial charge is 0.496 e. The van der Waals surface area contributed by atoms with Crippen LogP contribution < -0.4 is 5.32 Å². The van der Waals surface area contributed by atoms with Crippen LogP contribution in [0.5, 0.6) is 0 Å². The fourth-order valence-electron chi connectivity index (χ4n) is 5.84.